The lowest BCUT2D eigenvalue weighted by atomic mass is 9.85. The zero-order valence-electron chi connectivity index (χ0n) is 20.3. The summed E-state index contributed by atoms with van der Waals surface area (Å²) in [6.07, 6.45) is 10.2. The van der Waals surface area contributed by atoms with Crippen LogP contribution in [0.4, 0.5) is 5.69 Å². The van der Waals surface area contributed by atoms with Crippen LogP contribution in [-0.4, -0.2) is 79.4 Å². The van der Waals surface area contributed by atoms with Crippen molar-refractivity contribution in [3.63, 3.8) is 0 Å². The van der Waals surface area contributed by atoms with Crippen LogP contribution in [0.15, 0.2) is 36.4 Å². The van der Waals surface area contributed by atoms with Gasteiger partial charge in [0.05, 0.1) is 30.2 Å². The Balaban J connectivity index is 1.04. The molecule has 0 aromatic heterocycles. The summed E-state index contributed by atoms with van der Waals surface area (Å²) in [4.78, 5) is 43.3. The van der Waals surface area contributed by atoms with Crippen molar-refractivity contribution < 1.29 is 19.1 Å². The molecule has 2 heterocycles. The molecule has 3 fully saturated rings. The molecule has 35 heavy (non-hydrogen) atoms. The van der Waals surface area contributed by atoms with E-state index in [2.05, 4.69) is 33.3 Å². The minimum atomic E-state index is -0.394. The number of imide groups is 1. The molecule has 3 amide bonds. The number of amides is 3. The lowest BCUT2D eigenvalue weighted by Crippen LogP contribution is -2.48. The average molecular weight is 480 g/mol. The molecule has 5 rings (SSSR count). The van der Waals surface area contributed by atoms with E-state index in [0.717, 1.165) is 55.4 Å². The van der Waals surface area contributed by atoms with Crippen LogP contribution in [0.2, 0.25) is 0 Å². The second-order valence-corrected chi connectivity index (χ2v) is 10.0. The predicted molar refractivity (Wildman–Crippen MR) is 132 cm³/mol. The molecular formula is C27H35N4O4. The molecule has 2 saturated heterocycles. The van der Waals surface area contributed by atoms with E-state index in [-0.39, 0.29) is 30.2 Å². The van der Waals surface area contributed by atoms with Gasteiger partial charge in [-0.2, -0.15) is 0 Å². The van der Waals surface area contributed by atoms with E-state index in [1.807, 2.05) is 18.2 Å². The number of allylic oxidation sites excluding steroid dienone is 2. The van der Waals surface area contributed by atoms with E-state index >= 15 is 0 Å². The van der Waals surface area contributed by atoms with Crippen molar-refractivity contribution in [3.8, 4) is 5.75 Å². The van der Waals surface area contributed by atoms with Gasteiger partial charge >= 0.3 is 0 Å². The van der Waals surface area contributed by atoms with Crippen molar-refractivity contribution in [1.82, 2.24) is 15.1 Å². The summed E-state index contributed by atoms with van der Waals surface area (Å²) < 4.78 is 6.32. The third kappa shape index (κ3) is 5.37. The largest absolute Gasteiger partial charge is 0.488 e. The second-order valence-electron chi connectivity index (χ2n) is 10.0. The maximum atomic E-state index is 12.5. The first-order valence-corrected chi connectivity index (χ1v) is 13.0. The molecule has 2 aliphatic carbocycles. The molecule has 1 aromatic rings. The molecule has 4 aliphatic rings. The Morgan fingerprint density at radius 1 is 0.943 bits per heavy atom. The zero-order chi connectivity index (χ0) is 24.2. The van der Waals surface area contributed by atoms with Crippen molar-refractivity contribution in [2.45, 2.75) is 44.6 Å². The number of rotatable bonds is 8. The highest BCUT2D eigenvalue weighted by atomic mass is 16.5. The first-order chi connectivity index (χ1) is 17.1. The topological polar surface area (TPSA) is 84.3 Å². The Morgan fingerprint density at radius 3 is 2.29 bits per heavy atom. The standard InChI is InChI=1S/C27H35N4O4/c32-25(19-31-26(33)21-9-3-4-10-22(21)27(31)34)28-13-14-29-15-17-30(18-16-29)23-11-5-6-12-24(23)35-20-7-1-2-8-20/h3-6,11-12,20-22H,1-2,7-10,13-19H2. The third-order valence-corrected chi connectivity index (χ3v) is 7.77. The number of ether oxygens (including phenoxy) is 1. The molecule has 1 aromatic carbocycles. The lowest BCUT2D eigenvalue weighted by molar-refractivity contribution is -0.143. The van der Waals surface area contributed by atoms with E-state index < -0.39 is 5.91 Å². The van der Waals surface area contributed by atoms with Gasteiger partial charge in [0.2, 0.25) is 11.8 Å². The van der Waals surface area contributed by atoms with Gasteiger partial charge in [0.15, 0.2) is 0 Å². The van der Waals surface area contributed by atoms with Crippen LogP contribution in [0, 0.1) is 11.8 Å². The van der Waals surface area contributed by atoms with E-state index in [4.69, 9.17) is 4.74 Å². The normalized spacial score (nSPS) is 25.3. The van der Waals surface area contributed by atoms with Crippen LogP contribution in [0.5, 0.6) is 5.75 Å². The molecule has 1 saturated carbocycles. The molecular weight excluding hydrogens is 444 g/mol. The van der Waals surface area contributed by atoms with Crippen LogP contribution in [-0.2, 0) is 14.4 Å². The van der Waals surface area contributed by atoms with E-state index in [1.165, 1.54) is 12.8 Å². The van der Waals surface area contributed by atoms with Gasteiger partial charge in [-0.1, -0.05) is 24.3 Å². The van der Waals surface area contributed by atoms with Crippen molar-refractivity contribution in [2.24, 2.45) is 11.8 Å². The van der Waals surface area contributed by atoms with Crippen molar-refractivity contribution in [1.29, 1.82) is 0 Å². The van der Waals surface area contributed by atoms with E-state index in [9.17, 15) is 14.4 Å². The Kier molecular flexibility index (Phi) is 7.37. The van der Waals surface area contributed by atoms with Gasteiger partial charge in [0.1, 0.15) is 12.3 Å². The van der Waals surface area contributed by atoms with E-state index in [0.29, 0.717) is 32.0 Å². The summed E-state index contributed by atoms with van der Waals surface area (Å²) in [5, 5.41) is 4.14. The Bertz CT molecular complexity index is 940. The van der Waals surface area contributed by atoms with Gasteiger partial charge in [0, 0.05) is 32.7 Å². The molecule has 1 radical (unpaired) electrons. The van der Waals surface area contributed by atoms with Crippen molar-refractivity contribution in [2.75, 3.05) is 50.7 Å². The fourth-order valence-electron chi connectivity index (χ4n) is 5.74. The van der Waals surface area contributed by atoms with Crippen LogP contribution >= 0.6 is 0 Å². The maximum absolute atomic E-state index is 12.5. The second kappa shape index (κ2) is 10.8. The number of likely N-dealkylation sites (tertiary alicyclic amines) is 1. The van der Waals surface area contributed by atoms with Gasteiger partial charge in [-0.15, -0.1) is 0 Å². The Morgan fingerprint density at radius 2 is 1.60 bits per heavy atom. The summed E-state index contributed by atoms with van der Waals surface area (Å²) >= 11 is 0. The number of hydrogen-bond acceptors (Lipinski definition) is 6. The van der Waals surface area contributed by atoms with Gasteiger partial charge < -0.3 is 9.64 Å². The molecule has 0 N–H and O–H groups in total. The molecule has 187 valence electrons. The molecule has 8 heteroatoms. The lowest BCUT2D eigenvalue weighted by Gasteiger charge is -2.36. The van der Waals surface area contributed by atoms with Gasteiger partial charge in [-0.25, -0.2) is 5.32 Å². The van der Waals surface area contributed by atoms with Crippen LogP contribution in [0.25, 0.3) is 0 Å². The number of benzene rings is 1. The minimum Gasteiger partial charge on any atom is -0.488 e. The zero-order valence-corrected chi connectivity index (χ0v) is 20.3. The number of piperazine rings is 1. The van der Waals surface area contributed by atoms with Crippen LogP contribution in [0.1, 0.15) is 38.5 Å². The number of nitrogens with zero attached hydrogens (tertiary/aromatic N) is 4. The SMILES string of the molecule is O=C(CN1C(=O)C2CC=CCC2C1=O)[N]CCN1CCN(c2ccccc2OC2CCCC2)CC1. The number of carbonyl (C=O) groups excluding carboxylic acids is 3. The number of anilines is 1. The smallest absolute Gasteiger partial charge is 0.261 e. The average Bonchev–Trinajstić information content (AvgIpc) is 3.48. The molecule has 2 unspecified atom stereocenters. The summed E-state index contributed by atoms with van der Waals surface area (Å²) in [5.41, 5.74) is 1.16. The van der Waals surface area contributed by atoms with Gasteiger partial charge in [-0.3, -0.25) is 24.2 Å². The first kappa shape index (κ1) is 23.9. The van der Waals surface area contributed by atoms with E-state index in [1.54, 1.807) is 0 Å². The maximum Gasteiger partial charge on any atom is 0.261 e. The molecule has 0 bridgehead atoms. The van der Waals surface area contributed by atoms with Gasteiger partial charge in [-0.05, 0) is 50.7 Å². The third-order valence-electron chi connectivity index (χ3n) is 7.77. The number of hydrogen-bond donors (Lipinski definition) is 0. The summed E-state index contributed by atoms with van der Waals surface area (Å²) in [6, 6.07) is 8.32. The molecule has 0 spiro atoms. The fraction of sp³-hybridized carbons (Fsp3) is 0.593. The summed E-state index contributed by atoms with van der Waals surface area (Å²) in [7, 11) is 0. The highest BCUT2D eigenvalue weighted by molar-refractivity contribution is 6.07. The Hall–Kier alpha value is -2.87. The molecule has 2 atom stereocenters. The monoisotopic (exact) mass is 479 g/mol. The molecule has 2 aliphatic heterocycles. The predicted octanol–water partition coefficient (Wildman–Crippen LogP) is 2.21. The van der Waals surface area contributed by atoms with Crippen molar-refractivity contribution >= 4 is 23.4 Å². The van der Waals surface area contributed by atoms with Crippen LogP contribution < -0.4 is 15.0 Å². The summed E-state index contributed by atoms with van der Waals surface area (Å²) in [6.45, 7) is 4.42. The van der Waals surface area contributed by atoms with Crippen LogP contribution in [0.3, 0.4) is 0 Å². The first-order valence-electron chi connectivity index (χ1n) is 13.0. The minimum absolute atomic E-state index is 0.221. The highest BCUT2D eigenvalue weighted by Gasteiger charge is 2.47. The van der Waals surface area contributed by atoms with Crippen molar-refractivity contribution in [3.05, 3.63) is 36.4 Å². The number of para-hydroxylation sites is 2. The van der Waals surface area contributed by atoms with Gasteiger partial charge in [0.25, 0.3) is 5.91 Å². The summed E-state index contributed by atoms with van der Waals surface area (Å²) in [5.74, 6) is -0.456. The highest BCUT2D eigenvalue weighted by Crippen LogP contribution is 2.35. The number of carbonyl (C=O) groups is 3. The quantitative estimate of drug-likeness (QED) is 0.420. The molecule has 8 nitrogen and oxygen atoms in total. The fourth-order valence-corrected chi connectivity index (χ4v) is 5.74. The number of fused-ring (bicyclic) bond motifs is 1. The Labute approximate surface area is 207 Å².